The second kappa shape index (κ2) is 6.60. The first kappa shape index (κ1) is 15.2. The van der Waals surface area contributed by atoms with Crippen LogP contribution >= 0.6 is 23.7 Å². The van der Waals surface area contributed by atoms with Crippen molar-refractivity contribution in [2.75, 3.05) is 6.54 Å². The number of hydrogen-bond donors (Lipinski definition) is 1. The molecule has 2 aromatic heterocycles. The van der Waals surface area contributed by atoms with Crippen molar-refractivity contribution >= 4 is 23.7 Å². The van der Waals surface area contributed by atoms with E-state index in [0.717, 1.165) is 25.1 Å². The Morgan fingerprint density at radius 2 is 2.09 bits per heavy atom. The molecule has 6 heteroatoms. The number of nitrogens with zero attached hydrogens (tertiary/aromatic N) is 3. The molecule has 0 spiro atoms. The molecule has 3 aromatic rings. The predicted molar refractivity (Wildman–Crippen MR) is 91.1 cm³/mol. The molecular formula is C16H17ClN4S. The Morgan fingerprint density at radius 3 is 2.86 bits per heavy atom. The van der Waals surface area contributed by atoms with Crippen LogP contribution in [-0.4, -0.2) is 21.5 Å². The third-order valence-corrected chi connectivity index (χ3v) is 5.02. The van der Waals surface area contributed by atoms with Crippen LogP contribution in [0, 0.1) is 0 Å². The normalized spacial score (nSPS) is 16.8. The monoisotopic (exact) mass is 332 g/mol. The van der Waals surface area contributed by atoms with E-state index in [1.807, 2.05) is 17.5 Å². The number of hydrogen-bond acceptors (Lipinski definition) is 4. The summed E-state index contributed by atoms with van der Waals surface area (Å²) in [6.45, 7) is 1.07. The van der Waals surface area contributed by atoms with Crippen LogP contribution in [0.2, 0.25) is 0 Å². The highest BCUT2D eigenvalue weighted by atomic mass is 35.5. The molecule has 0 saturated carbocycles. The number of benzene rings is 1. The lowest BCUT2D eigenvalue weighted by Crippen LogP contribution is -2.29. The maximum absolute atomic E-state index is 4.01. The Balaban J connectivity index is 0.00000144. The SMILES string of the molecule is Cl.c1cn(-c2ccc(CC3NCCc4ccsc43)cc2)nn1. The van der Waals surface area contributed by atoms with Crippen LogP contribution in [0.15, 0.2) is 48.1 Å². The standard InChI is InChI=1S/C16H16N4S.ClH/c1-3-14(20-9-8-18-19-20)4-2-12(1)11-15-16-13(5-7-17-15)6-10-21-16;/h1-4,6,8-10,15,17H,5,7,11H2;1H. The van der Waals surface area contributed by atoms with Crippen molar-refractivity contribution in [1.29, 1.82) is 0 Å². The van der Waals surface area contributed by atoms with Crippen LogP contribution in [0.25, 0.3) is 5.69 Å². The van der Waals surface area contributed by atoms with Crippen molar-refractivity contribution in [3.63, 3.8) is 0 Å². The molecule has 114 valence electrons. The van der Waals surface area contributed by atoms with Gasteiger partial charge in [0.05, 0.1) is 18.1 Å². The molecule has 0 bridgehead atoms. The quantitative estimate of drug-likeness (QED) is 0.801. The van der Waals surface area contributed by atoms with Gasteiger partial charge in [0.1, 0.15) is 0 Å². The highest BCUT2D eigenvalue weighted by molar-refractivity contribution is 7.10. The van der Waals surface area contributed by atoms with Gasteiger partial charge >= 0.3 is 0 Å². The summed E-state index contributed by atoms with van der Waals surface area (Å²) in [6, 6.07) is 11.3. The molecule has 0 radical (unpaired) electrons. The summed E-state index contributed by atoms with van der Waals surface area (Å²) in [5.41, 5.74) is 3.91. The Hall–Kier alpha value is -1.69. The Kier molecular flexibility index (Phi) is 4.57. The molecule has 0 aliphatic carbocycles. The lowest BCUT2D eigenvalue weighted by Gasteiger charge is -2.24. The van der Waals surface area contributed by atoms with E-state index in [1.165, 1.54) is 16.0 Å². The molecule has 0 saturated heterocycles. The van der Waals surface area contributed by atoms with Gasteiger partial charge in [-0.15, -0.1) is 28.8 Å². The molecule has 1 atom stereocenters. The number of halogens is 1. The Bertz CT molecular complexity index is 721. The zero-order valence-electron chi connectivity index (χ0n) is 12.0. The van der Waals surface area contributed by atoms with Crippen LogP contribution in [0.1, 0.15) is 22.0 Å². The van der Waals surface area contributed by atoms with Crippen LogP contribution in [0.5, 0.6) is 0 Å². The number of thiophene rings is 1. The van der Waals surface area contributed by atoms with Crippen LogP contribution in [0.3, 0.4) is 0 Å². The lowest BCUT2D eigenvalue weighted by atomic mass is 9.98. The zero-order chi connectivity index (χ0) is 14.1. The minimum atomic E-state index is 0. The van der Waals surface area contributed by atoms with Gasteiger partial charge in [0.15, 0.2) is 0 Å². The van der Waals surface area contributed by atoms with E-state index in [1.54, 1.807) is 10.9 Å². The molecule has 1 aliphatic rings. The smallest absolute Gasteiger partial charge is 0.0697 e. The second-order valence-corrected chi connectivity index (χ2v) is 6.23. The third kappa shape index (κ3) is 2.92. The number of rotatable bonds is 3. The summed E-state index contributed by atoms with van der Waals surface area (Å²) in [6.07, 6.45) is 5.74. The molecule has 1 unspecified atom stereocenters. The summed E-state index contributed by atoms with van der Waals surface area (Å²) in [7, 11) is 0. The topological polar surface area (TPSA) is 42.7 Å². The van der Waals surface area contributed by atoms with E-state index < -0.39 is 0 Å². The first-order chi connectivity index (χ1) is 10.4. The molecule has 0 amide bonds. The fourth-order valence-electron chi connectivity index (χ4n) is 2.86. The minimum Gasteiger partial charge on any atom is -0.309 e. The fraction of sp³-hybridized carbons (Fsp3) is 0.250. The van der Waals surface area contributed by atoms with Crippen LogP contribution < -0.4 is 5.32 Å². The van der Waals surface area contributed by atoms with Gasteiger partial charge in [-0.1, -0.05) is 17.3 Å². The van der Waals surface area contributed by atoms with Gasteiger partial charge in [-0.2, -0.15) is 0 Å². The molecule has 3 heterocycles. The number of fused-ring (bicyclic) bond motifs is 1. The number of nitrogens with one attached hydrogen (secondary N) is 1. The molecule has 4 rings (SSSR count). The fourth-order valence-corrected chi connectivity index (χ4v) is 3.90. The molecule has 1 N–H and O–H groups in total. The van der Waals surface area contributed by atoms with Gasteiger partial charge in [0.25, 0.3) is 0 Å². The van der Waals surface area contributed by atoms with Crippen molar-refractivity contribution in [2.45, 2.75) is 18.9 Å². The van der Waals surface area contributed by atoms with Gasteiger partial charge < -0.3 is 5.32 Å². The lowest BCUT2D eigenvalue weighted by molar-refractivity contribution is 0.512. The zero-order valence-corrected chi connectivity index (χ0v) is 13.6. The van der Waals surface area contributed by atoms with Gasteiger partial charge in [0, 0.05) is 10.9 Å². The van der Waals surface area contributed by atoms with Gasteiger partial charge in [-0.05, 0) is 54.1 Å². The molecule has 1 aromatic carbocycles. The largest absolute Gasteiger partial charge is 0.309 e. The third-order valence-electron chi connectivity index (χ3n) is 3.95. The molecule has 4 nitrogen and oxygen atoms in total. The maximum atomic E-state index is 4.01. The second-order valence-electron chi connectivity index (χ2n) is 5.28. The molecule has 0 fully saturated rings. The summed E-state index contributed by atoms with van der Waals surface area (Å²) in [5, 5.41) is 13.7. The summed E-state index contributed by atoms with van der Waals surface area (Å²) in [5.74, 6) is 0. The first-order valence-corrected chi connectivity index (χ1v) is 8.03. The highest BCUT2D eigenvalue weighted by Crippen LogP contribution is 2.30. The van der Waals surface area contributed by atoms with E-state index >= 15 is 0 Å². The van der Waals surface area contributed by atoms with Gasteiger partial charge in [0.2, 0.25) is 0 Å². The van der Waals surface area contributed by atoms with Crippen LogP contribution in [0.4, 0.5) is 0 Å². The van der Waals surface area contributed by atoms with Crippen molar-refractivity contribution in [1.82, 2.24) is 20.3 Å². The average molecular weight is 333 g/mol. The molecular weight excluding hydrogens is 316 g/mol. The van der Waals surface area contributed by atoms with Gasteiger partial charge in [-0.3, -0.25) is 0 Å². The summed E-state index contributed by atoms with van der Waals surface area (Å²) >= 11 is 1.87. The predicted octanol–water partition coefficient (Wildman–Crippen LogP) is 3.18. The van der Waals surface area contributed by atoms with Crippen molar-refractivity contribution in [3.8, 4) is 5.69 Å². The van der Waals surface area contributed by atoms with E-state index in [4.69, 9.17) is 0 Å². The van der Waals surface area contributed by atoms with E-state index in [9.17, 15) is 0 Å². The van der Waals surface area contributed by atoms with E-state index in [2.05, 4.69) is 51.3 Å². The number of aromatic nitrogens is 3. The van der Waals surface area contributed by atoms with Crippen molar-refractivity contribution in [3.05, 3.63) is 64.1 Å². The average Bonchev–Trinajstić information content (AvgIpc) is 3.20. The van der Waals surface area contributed by atoms with E-state index in [-0.39, 0.29) is 12.4 Å². The summed E-state index contributed by atoms with van der Waals surface area (Å²) < 4.78 is 1.78. The molecule has 22 heavy (non-hydrogen) atoms. The maximum Gasteiger partial charge on any atom is 0.0697 e. The van der Waals surface area contributed by atoms with Gasteiger partial charge in [-0.25, -0.2) is 4.68 Å². The Morgan fingerprint density at radius 1 is 1.23 bits per heavy atom. The van der Waals surface area contributed by atoms with Crippen LogP contribution in [-0.2, 0) is 12.8 Å². The van der Waals surface area contributed by atoms with E-state index in [0.29, 0.717) is 6.04 Å². The molecule has 1 aliphatic heterocycles. The minimum absolute atomic E-state index is 0. The Labute approximate surface area is 139 Å². The highest BCUT2D eigenvalue weighted by Gasteiger charge is 2.20. The first-order valence-electron chi connectivity index (χ1n) is 7.15. The van der Waals surface area contributed by atoms with Crippen molar-refractivity contribution < 1.29 is 0 Å². The van der Waals surface area contributed by atoms with Crippen molar-refractivity contribution in [2.24, 2.45) is 0 Å². The summed E-state index contributed by atoms with van der Waals surface area (Å²) in [4.78, 5) is 1.50.